The maximum Gasteiger partial charge on any atom is 0.269 e. The summed E-state index contributed by atoms with van der Waals surface area (Å²) in [6, 6.07) is 14.4. The lowest BCUT2D eigenvalue weighted by atomic mass is 10.2. The van der Waals surface area contributed by atoms with Crippen LogP contribution in [0.15, 0.2) is 53.6 Å². The van der Waals surface area contributed by atoms with Gasteiger partial charge in [0.05, 0.1) is 21.7 Å². The lowest BCUT2D eigenvalue weighted by molar-refractivity contribution is -0.384. The van der Waals surface area contributed by atoms with Gasteiger partial charge in [-0.2, -0.15) is 0 Å². The minimum Gasteiger partial charge on any atom is -0.258 e. The van der Waals surface area contributed by atoms with Crippen LogP contribution in [-0.4, -0.2) is 14.9 Å². The number of aryl methyl sites for hydroxylation is 1. The highest BCUT2D eigenvalue weighted by molar-refractivity contribution is 7.98. The van der Waals surface area contributed by atoms with Crippen molar-refractivity contribution in [1.82, 2.24) is 9.97 Å². The monoisotopic (exact) mass is 311 g/mol. The standard InChI is InChI=1S/C16H13N3O2S/c1-11-16(18-15-8-3-2-7-14(15)17-11)22-10-12-5-4-6-13(9-12)19(20)21/h2-9H,10H2,1H3. The van der Waals surface area contributed by atoms with Gasteiger partial charge in [-0.1, -0.05) is 36.0 Å². The molecule has 2 aromatic carbocycles. The second kappa shape index (κ2) is 6.11. The second-order valence-corrected chi connectivity index (χ2v) is 5.78. The number of nitro benzene ring substituents is 1. The van der Waals surface area contributed by atoms with Gasteiger partial charge in [0.15, 0.2) is 0 Å². The van der Waals surface area contributed by atoms with Crippen molar-refractivity contribution in [1.29, 1.82) is 0 Å². The number of benzene rings is 2. The quantitative estimate of drug-likeness (QED) is 0.411. The number of aromatic nitrogens is 2. The SMILES string of the molecule is Cc1nc2ccccc2nc1SCc1cccc([N+](=O)[O-])c1. The molecule has 0 radical (unpaired) electrons. The summed E-state index contributed by atoms with van der Waals surface area (Å²) < 4.78 is 0. The minimum atomic E-state index is -0.380. The van der Waals surface area contributed by atoms with Crippen LogP contribution >= 0.6 is 11.8 Å². The van der Waals surface area contributed by atoms with E-state index < -0.39 is 0 Å². The molecule has 0 atom stereocenters. The Morgan fingerprint density at radius 1 is 1.09 bits per heavy atom. The summed E-state index contributed by atoms with van der Waals surface area (Å²) in [6.45, 7) is 1.93. The van der Waals surface area contributed by atoms with Gasteiger partial charge in [0.2, 0.25) is 0 Å². The highest BCUT2D eigenvalue weighted by Crippen LogP contribution is 2.26. The Morgan fingerprint density at radius 2 is 1.82 bits per heavy atom. The molecule has 0 amide bonds. The first-order chi connectivity index (χ1) is 10.6. The molecule has 1 aromatic heterocycles. The van der Waals surface area contributed by atoms with E-state index in [4.69, 9.17) is 0 Å². The van der Waals surface area contributed by atoms with Crippen LogP contribution in [-0.2, 0) is 5.75 Å². The van der Waals surface area contributed by atoms with Gasteiger partial charge in [0.25, 0.3) is 5.69 Å². The van der Waals surface area contributed by atoms with Crippen LogP contribution in [0.3, 0.4) is 0 Å². The first-order valence-electron chi connectivity index (χ1n) is 6.73. The lowest BCUT2D eigenvalue weighted by Crippen LogP contribution is -1.94. The van der Waals surface area contributed by atoms with Gasteiger partial charge in [-0.25, -0.2) is 9.97 Å². The third kappa shape index (κ3) is 3.07. The van der Waals surface area contributed by atoms with Gasteiger partial charge >= 0.3 is 0 Å². The summed E-state index contributed by atoms with van der Waals surface area (Å²) in [6.07, 6.45) is 0. The molecule has 0 spiro atoms. The van der Waals surface area contributed by atoms with E-state index in [1.807, 2.05) is 37.3 Å². The molecule has 0 aliphatic rings. The molecule has 5 nitrogen and oxygen atoms in total. The highest BCUT2D eigenvalue weighted by atomic mass is 32.2. The molecule has 1 heterocycles. The Hall–Kier alpha value is -2.47. The molecule has 0 saturated heterocycles. The smallest absolute Gasteiger partial charge is 0.258 e. The molecule has 3 aromatic rings. The summed E-state index contributed by atoms with van der Waals surface area (Å²) in [5.41, 5.74) is 3.61. The number of thioether (sulfide) groups is 1. The van der Waals surface area contributed by atoms with Crippen molar-refractivity contribution in [2.24, 2.45) is 0 Å². The molecule has 0 aliphatic heterocycles. The van der Waals surface area contributed by atoms with E-state index in [2.05, 4.69) is 9.97 Å². The zero-order valence-electron chi connectivity index (χ0n) is 11.9. The number of hydrogen-bond acceptors (Lipinski definition) is 5. The van der Waals surface area contributed by atoms with Crippen LogP contribution in [0.2, 0.25) is 0 Å². The largest absolute Gasteiger partial charge is 0.269 e. The Morgan fingerprint density at radius 3 is 2.55 bits per heavy atom. The van der Waals surface area contributed by atoms with Crippen molar-refractivity contribution >= 4 is 28.5 Å². The minimum absolute atomic E-state index is 0.111. The van der Waals surface area contributed by atoms with E-state index in [0.29, 0.717) is 5.75 Å². The third-order valence-corrected chi connectivity index (χ3v) is 4.34. The van der Waals surface area contributed by atoms with Crippen LogP contribution in [0.1, 0.15) is 11.3 Å². The zero-order chi connectivity index (χ0) is 15.5. The van der Waals surface area contributed by atoms with Crippen molar-refractivity contribution < 1.29 is 4.92 Å². The number of hydrogen-bond donors (Lipinski definition) is 0. The Labute approximate surface area is 131 Å². The summed E-state index contributed by atoms with van der Waals surface area (Å²) in [5.74, 6) is 0.621. The van der Waals surface area contributed by atoms with Crippen LogP contribution in [0.25, 0.3) is 11.0 Å². The van der Waals surface area contributed by atoms with Gasteiger partial charge < -0.3 is 0 Å². The first-order valence-corrected chi connectivity index (χ1v) is 7.71. The molecule has 0 fully saturated rings. The van der Waals surface area contributed by atoms with Crippen molar-refractivity contribution in [3.8, 4) is 0 Å². The highest BCUT2D eigenvalue weighted by Gasteiger charge is 2.09. The number of fused-ring (bicyclic) bond motifs is 1. The van der Waals surface area contributed by atoms with E-state index in [9.17, 15) is 10.1 Å². The molecule has 0 bridgehead atoms. The number of nitrogens with zero attached hydrogens (tertiary/aromatic N) is 3. The molecular weight excluding hydrogens is 298 g/mol. The van der Waals surface area contributed by atoms with E-state index in [0.717, 1.165) is 27.3 Å². The number of para-hydroxylation sites is 2. The fraction of sp³-hybridized carbons (Fsp3) is 0.125. The van der Waals surface area contributed by atoms with Crippen molar-refractivity contribution in [2.75, 3.05) is 0 Å². The summed E-state index contributed by atoms with van der Waals surface area (Å²) in [7, 11) is 0. The van der Waals surface area contributed by atoms with Crippen LogP contribution in [0.5, 0.6) is 0 Å². The Balaban J connectivity index is 1.83. The van der Waals surface area contributed by atoms with E-state index in [1.54, 1.807) is 12.1 Å². The zero-order valence-corrected chi connectivity index (χ0v) is 12.7. The molecule has 0 aliphatic carbocycles. The number of nitro groups is 1. The maximum absolute atomic E-state index is 10.8. The molecular formula is C16H13N3O2S. The third-order valence-electron chi connectivity index (χ3n) is 3.20. The van der Waals surface area contributed by atoms with Gasteiger partial charge in [-0.05, 0) is 24.6 Å². The molecule has 6 heteroatoms. The molecule has 3 rings (SSSR count). The van der Waals surface area contributed by atoms with E-state index in [-0.39, 0.29) is 10.6 Å². The molecule has 0 N–H and O–H groups in total. The van der Waals surface area contributed by atoms with Gasteiger partial charge in [0, 0.05) is 17.9 Å². The molecule has 22 heavy (non-hydrogen) atoms. The van der Waals surface area contributed by atoms with Crippen molar-refractivity contribution in [2.45, 2.75) is 17.7 Å². The van der Waals surface area contributed by atoms with Gasteiger partial charge in [0.1, 0.15) is 5.03 Å². The summed E-state index contributed by atoms with van der Waals surface area (Å²) >= 11 is 1.54. The summed E-state index contributed by atoms with van der Waals surface area (Å²) in [5, 5.41) is 11.7. The predicted octanol–water partition coefficient (Wildman–Crippen LogP) is 4.14. The number of rotatable bonds is 4. The van der Waals surface area contributed by atoms with Gasteiger partial charge in [-0.15, -0.1) is 0 Å². The van der Waals surface area contributed by atoms with E-state index >= 15 is 0 Å². The lowest BCUT2D eigenvalue weighted by Gasteiger charge is -2.06. The Kier molecular flexibility index (Phi) is 4.02. The fourth-order valence-electron chi connectivity index (χ4n) is 2.12. The van der Waals surface area contributed by atoms with Crippen LogP contribution in [0, 0.1) is 17.0 Å². The van der Waals surface area contributed by atoms with Crippen molar-refractivity contribution in [3.05, 3.63) is 69.9 Å². The molecule has 110 valence electrons. The predicted molar refractivity (Wildman–Crippen MR) is 86.9 cm³/mol. The topological polar surface area (TPSA) is 68.9 Å². The molecule has 0 saturated carbocycles. The Bertz CT molecular complexity index is 852. The van der Waals surface area contributed by atoms with Gasteiger partial charge in [-0.3, -0.25) is 10.1 Å². The second-order valence-electron chi connectivity index (χ2n) is 4.82. The normalized spacial score (nSPS) is 10.8. The first kappa shape index (κ1) is 14.5. The van der Waals surface area contributed by atoms with Crippen molar-refractivity contribution in [3.63, 3.8) is 0 Å². The maximum atomic E-state index is 10.8. The average Bonchev–Trinajstić information content (AvgIpc) is 2.53. The number of non-ortho nitro benzene ring substituents is 1. The van der Waals surface area contributed by atoms with Crippen LogP contribution < -0.4 is 0 Å². The fourth-order valence-corrected chi connectivity index (χ4v) is 3.02. The van der Waals surface area contributed by atoms with E-state index in [1.165, 1.54) is 17.8 Å². The molecule has 0 unspecified atom stereocenters. The summed E-state index contributed by atoms with van der Waals surface area (Å²) in [4.78, 5) is 19.6. The van der Waals surface area contributed by atoms with Crippen LogP contribution in [0.4, 0.5) is 5.69 Å². The average molecular weight is 311 g/mol.